The van der Waals surface area contributed by atoms with Gasteiger partial charge in [-0.3, -0.25) is 4.79 Å². The van der Waals surface area contributed by atoms with Crippen molar-refractivity contribution in [3.05, 3.63) is 41.3 Å². The lowest BCUT2D eigenvalue weighted by atomic mass is 10.1. The highest BCUT2D eigenvalue weighted by atomic mass is 32.1. The zero-order valence-electron chi connectivity index (χ0n) is 7.61. The maximum absolute atomic E-state index is 12.9. The highest BCUT2D eigenvalue weighted by Crippen LogP contribution is 2.29. The summed E-state index contributed by atoms with van der Waals surface area (Å²) < 4.78 is 12.9. The van der Waals surface area contributed by atoms with Crippen molar-refractivity contribution < 1.29 is 9.18 Å². The minimum Gasteiger partial charge on any atom is -0.364 e. The van der Waals surface area contributed by atoms with Gasteiger partial charge in [-0.2, -0.15) is 4.39 Å². The van der Waals surface area contributed by atoms with Gasteiger partial charge in [-0.1, -0.05) is 41.7 Å². The molecule has 0 spiro atoms. The van der Waals surface area contributed by atoms with Gasteiger partial charge >= 0.3 is 0 Å². The largest absolute Gasteiger partial charge is 0.364 e. The molecule has 0 unspecified atom stereocenters. The van der Waals surface area contributed by atoms with Crippen molar-refractivity contribution in [2.75, 3.05) is 0 Å². The molecule has 1 amide bonds. The Morgan fingerprint density at radius 3 is 2.60 bits per heavy atom. The number of nitrogens with two attached hydrogens (primary N) is 1. The summed E-state index contributed by atoms with van der Waals surface area (Å²) in [6.07, 6.45) is 0. The second-order valence-corrected chi connectivity index (χ2v) is 3.82. The van der Waals surface area contributed by atoms with Crippen molar-refractivity contribution in [1.29, 1.82) is 0 Å². The summed E-state index contributed by atoms with van der Waals surface area (Å²) in [6, 6.07) is 9.00. The van der Waals surface area contributed by atoms with Crippen molar-refractivity contribution in [2.45, 2.75) is 0 Å². The molecule has 0 aliphatic carbocycles. The SMILES string of the molecule is NC(=O)c1nc(F)sc1-c1ccccc1. The summed E-state index contributed by atoms with van der Waals surface area (Å²) in [6.45, 7) is 0. The predicted octanol–water partition coefficient (Wildman–Crippen LogP) is 2.05. The molecule has 1 aromatic heterocycles. The Morgan fingerprint density at radius 2 is 2.00 bits per heavy atom. The van der Waals surface area contributed by atoms with Gasteiger partial charge in [0.25, 0.3) is 11.2 Å². The van der Waals surface area contributed by atoms with Gasteiger partial charge in [-0.05, 0) is 5.56 Å². The standard InChI is InChI=1S/C10H7FN2OS/c11-10-13-7(9(12)14)8(15-10)6-4-2-1-3-5-6/h1-5H,(H2,12,14). The molecule has 1 aromatic carbocycles. The molecule has 0 saturated carbocycles. The monoisotopic (exact) mass is 222 g/mol. The van der Waals surface area contributed by atoms with Crippen LogP contribution in [0.15, 0.2) is 30.3 Å². The number of amides is 1. The number of carbonyl (C=O) groups excluding carboxylic acids is 1. The molecule has 0 saturated heterocycles. The predicted molar refractivity (Wildman–Crippen MR) is 56.0 cm³/mol. The van der Waals surface area contributed by atoms with Gasteiger partial charge in [0.1, 0.15) is 5.69 Å². The fourth-order valence-electron chi connectivity index (χ4n) is 1.25. The average molecular weight is 222 g/mol. The molecule has 0 aliphatic rings. The molecular formula is C10H7FN2OS. The molecule has 3 nitrogen and oxygen atoms in total. The second kappa shape index (κ2) is 3.78. The van der Waals surface area contributed by atoms with Crippen LogP contribution in [0.4, 0.5) is 4.39 Å². The quantitative estimate of drug-likeness (QED) is 0.845. The normalized spacial score (nSPS) is 10.2. The van der Waals surface area contributed by atoms with Gasteiger partial charge < -0.3 is 5.73 Å². The highest BCUT2D eigenvalue weighted by molar-refractivity contribution is 7.14. The lowest BCUT2D eigenvalue weighted by Crippen LogP contribution is -2.12. The van der Waals surface area contributed by atoms with Gasteiger partial charge in [0.05, 0.1) is 4.88 Å². The summed E-state index contributed by atoms with van der Waals surface area (Å²) >= 11 is 0.817. The van der Waals surface area contributed by atoms with Gasteiger partial charge in [-0.25, -0.2) is 4.98 Å². The van der Waals surface area contributed by atoms with Gasteiger partial charge in [0.15, 0.2) is 0 Å². The number of halogens is 1. The van der Waals surface area contributed by atoms with E-state index >= 15 is 0 Å². The molecule has 1 heterocycles. The molecule has 0 aliphatic heterocycles. The molecule has 76 valence electrons. The topological polar surface area (TPSA) is 56.0 Å². The van der Waals surface area contributed by atoms with E-state index in [1.54, 1.807) is 24.3 Å². The number of hydrogen-bond acceptors (Lipinski definition) is 3. The third kappa shape index (κ3) is 1.87. The van der Waals surface area contributed by atoms with Crippen molar-refractivity contribution in [3.8, 4) is 10.4 Å². The van der Waals surface area contributed by atoms with Gasteiger partial charge in [0, 0.05) is 0 Å². The van der Waals surface area contributed by atoms with Crippen molar-refractivity contribution in [3.63, 3.8) is 0 Å². The smallest absolute Gasteiger partial charge is 0.270 e. The Balaban J connectivity index is 2.58. The van der Waals surface area contributed by atoms with Crippen LogP contribution >= 0.6 is 11.3 Å². The number of thiazole rings is 1. The maximum Gasteiger partial charge on any atom is 0.270 e. The van der Waals surface area contributed by atoms with Gasteiger partial charge in [-0.15, -0.1) is 0 Å². The highest BCUT2D eigenvalue weighted by Gasteiger charge is 2.16. The van der Waals surface area contributed by atoms with Crippen LogP contribution in [0.3, 0.4) is 0 Å². The van der Waals surface area contributed by atoms with Crippen LogP contribution in [-0.2, 0) is 0 Å². The van der Waals surface area contributed by atoms with E-state index in [-0.39, 0.29) is 5.69 Å². The molecule has 2 N–H and O–H groups in total. The lowest BCUT2D eigenvalue weighted by molar-refractivity contribution is 0.0996. The first-order valence-corrected chi connectivity index (χ1v) is 5.01. The summed E-state index contributed by atoms with van der Waals surface area (Å²) in [5.41, 5.74) is 5.84. The average Bonchev–Trinajstić information content (AvgIpc) is 2.62. The second-order valence-electron chi connectivity index (χ2n) is 2.87. The molecule has 15 heavy (non-hydrogen) atoms. The number of aromatic nitrogens is 1. The minimum absolute atomic E-state index is 0.0105. The minimum atomic E-state index is -0.714. The Bertz CT molecular complexity index is 495. The number of carbonyl (C=O) groups is 1. The van der Waals surface area contributed by atoms with Crippen LogP contribution in [0.2, 0.25) is 0 Å². The number of primary amides is 1. The first kappa shape index (κ1) is 9.79. The Labute approximate surface area is 89.4 Å². The Morgan fingerprint density at radius 1 is 1.33 bits per heavy atom. The zero-order chi connectivity index (χ0) is 10.8. The molecule has 0 bridgehead atoms. The van der Waals surface area contributed by atoms with Crippen molar-refractivity contribution in [2.24, 2.45) is 5.73 Å². The maximum atomic E-state index is 12.9. The molecule has 0 radical (unpaired) electrons. The molecule has 2 rings (SSSR count). The summed E-state index contributed by atoms with van der Waals surface area (Å²) in [5, 5.41) is -0.650. The molecule has 0 fully saturated rings. The van der Waals surface area contributed by atoms with E-state index in [0.717, 1.165) is 16.9 Å². The van der Waals surface area contributed by atoms with E-state index in [9.17, 15) is 9.18 Å². The Kier molecular flexibility index (Phi) is 2.47. The number of nitrogens with zero attached hydrogens (tertiary/aromatic N) is 1. The van der Waals surface area contributed by atoms with E-state index < -0.39 is 11.2 Å². The fourth-order valence-corrected chi connectivity index (χ4v) is 2.05. The first-order chi connectivity index (χ1) is 7.18. The van der Waals surface area contributed by atoms with Crippen LogP contribution in [0.25, 0.3) is 10.4 Å². The van der Waals surface area contributed by atoms with E-state index in [2.05, 4.69) is 4.98 Å². The van der Waals surface area contributed by atoms with E-state index in [4.69, 9.17) is 5.73 Å². The molecule has 0 atom stereocenters. The van der Waals surface area contributed by atoms with Crippen LogP contribution < -0.4 is 5.73 Å². The number of rotatable bonds is 2. The van der Waals surface area contributed by atoms with Crippen LogP contribution in [0.1, 0.15) is 10.5 Å². The molecule has 2 aromatic rings. The van der Waals surface area contributed by atoms with Crippen LogP contribution in [0, 0.1) is 5.26 Å². The Hall–Kier alpha value is -1.75. The van der Waals surface area contributed by atoms with E-state index in [0.29, 0.717) is 4.88 Å². The van der Waals surface area contributed by atoms with E-state index in [1.165, 1.54) is 0 Å². The van der Waals surface area contributed by atoms with Crippen LogP contribution in [-0.4, -0.2) is 10.9 Å². The number of benzene rings is 1. The van der Waals surface area contributed by atoms with Gasteiger partial charge in [0.2, 0.25) is 0 Å². The fraction of sp³-hybridized carbons (Fsp3) is 0. The lowest BCUT2D eigenvalue weighted by Gasteiger charge is -1.97. The van der Waals surface area contributed by atoms with E-state index in [1.807, 2.05) is 6.07 Å². The van der Waals surface area contributed by atoms with Crippen LogP contribution in [0.5, 0.6) is 0 Å². The molecule has 5 heteroatoms. The van der Waals surface area contributed by atoms with Crippen molar-refractivity contribution in [1.82, 2.24) is 4.98 Å². The number of hydrogen-bond donors (Lipinski definition) is 1. The summed E-state index contributed by atoms with van der Waals surface area (Å²) in [4.78, 5) is 14.9. The summed E-state index contributed by atoms with van der Waals surface area (Å²) in [5.74, 6) is -0.714. The third-order valence-corrected chi connectivity index (χ3v) is 2.76. The first-order valence-electron chi connectivity index (χ1n) is 4.20. The zero-order valence-corrected chi connectivity index (χ0v) is 8.42. The van der Waals surface area contributed by atoms with Crippen molar-refractivity contribution >= 4 is 17.2 Å². The summed E-state index contributed by atoms with van der Waals surface area (Å²) in [7, 11) is 0. The molecular weight excluding hydrogens is 215 g/mol. The third-order valence-electron chi connectivity index (χ3n) is 1.87.